The molecule has 0 heterocycles. The average molecular weight is 167 g/mol. The molecule has 1 fully saturated rings. The SMILES string of the molecule is C=C(C)CCC(=O)CNC1CC1. The molecule has 1 N–H and O–H groups in total. The van der Waals surface area contributed by atoms with Crippen molar-refractivity contribution in [3.63, 3.8) is 0 Å². The molecule has 0 aliphatic heterocycles. The van der Waals surface area contributed by atoms with Crippen molar-refractivity contribution in [3.8, 4) is 0 Å². The quantitative estimate of drug-likeness (QED) is 0.610. The normalized spacial score (nSPS) is 16.1. The van der Waals surface area contributed by atoms with Gasteiger partial charge in [-0.1, -0.05) is 5.57 Å². The van der Waals surface area contributed by atoms with E-state index in [-0.39, 0.29) is 0 Å². The number of Topliss-reactive ketones (excluding diaryl/α,β-unsaturated/α-hetero) is 1. The maximum absolute atomic E-state index is 11.2. The molecular formula is C10H17NO. The summed E-state index contributed by atoms with van der Waals surface area (Å²) >= 11 is 0. The van der Waals surface area contributed by atoms with Gasteiger partial charge in [-0.25, -0.2) is 0 Å². The molecule has 2 nitrogen and oxygen atoms in total. The number of carbonyl (C=O) groups is 1. The van der Waals surface area contributed by atoms with Crippen molar-refractivity contribution in [1.82, 2.24) is 5.32 Å². The van der Waals surface area contributed by atoms with Crippen molar-refractivity contribution < 1.29 is 4.79 Å². The van der Waals surface area contributed by atoms with E-state index in [4.69, 9.17) is 0 Å². The second kappa shape index (κ2) is 4.41. The van der Waals surface area contributed by atoms with Crippen LogP contribution >= 0.6 is 0 Å². The van der Waals surface area contributed by atoms with Gasteiger partial charge in [0.05, 0.1) is 6.54 Å². The zero-order valence-electron chi connectivity index (χ0n) is 7.73. The molecule has 68 valence electrons. The van der Waals surface area contributed by atoms with Gasteiger partial charge >= 0.3 is 0 Å². The van der Waals surface area contributed by atoms with E-state index in [1.54, 1.807) is 0 Å². The van der Waals surface area contributed by atoms with Crippen LogP contribution in [0, 0.1) is 0 Å². The van der Waals surface area contributed by atoms with Crippen molar-refractivity contribution in [2.45, 2.75) is 38.6 Å². The summed E-state index contributed by atoms with van der Waals surface area (Å²) in [6, 6.07) is 0.638. The summed E-state index contributed by atoms with van der Waals surface area (Å²) in [6.07, 6.45) is 3.97. The van der Waals surface area contributed by atoms with E-state index in [0.717, 1.165) is 12.0 Å². The molecule has 0 spiro atoms. The first kappa shape index (κ1) is 9.46. The Morgan fingerprint density at radius 2 is 2.17 bits per heavy atom. The molecule has 0 unspecified atom stereocenters. The van der Waals surface area contributed by atoms with Crippen LogP contribution in [0.4, 0.5) is 0 Å². The molecule has 0 radical (unpaired) electrons. The van der Waals surface area contributed by atoms with Gasteiger partial charge in [0.25, 0.3) is 0 Å². The van der Waals surface area contributed by atoms with Gasteiger partial charge < -0.3 is 5.32 Å². The maximum atomic E-state index is 11.2. The number of allylic oxidation sites excluding steroid dienone is 1. The summed E-state index contributed by atoms with van der Waals surface area (Å²) in [5.41, 5.74) is 1.09. The number of hydrogen-bond donors (Lipinski definition) is 1. The number of nitrogens with one attached hydrogen (secondary N) is 1. The molecule has 0 bridgehead atoms. The van der Waals surface area contributed by atoms with Gasteiger partial charge in [0.1, 0.15) is 5.78 Å². The molecule has 1 rings (SSSR count). The van der Waals surface area contributed by atoms with Crippen LogP contribution in [0.1, 0.15) is 32.6 Å². The zero-order valence-corrected chi connectivity index (χ0v) is 7.73. The summed E-state index contributed by atoms with van der Waals surface area (Å²) in [7, 11) is 0. The van der Waals surface area contributed by atoms with E-state index >= 15 is 0 Å². The van der Waals surface area contributed by atoms with Crippen LogP contribution in [0.3, 0.4) is 0 Å². The van der Waals surface area contributed by atoms with Gasteiger partial charge in [-0.05, 0) is 26.2 Å². The molecule has 0 aromatic carbocycles. The van der Waals surface area contributed by atoms with E-state index in [1.165, 1.54) is 12.8 Å². The first-order valence-corrected chi connectivity index (χ1v) is 4.58. The highest BCUT2D eigenvalue weighted by molar-refractivity contribution is 5.80. The van der Waals surface area contributed by atoms with Gasteiger partial charge in [-0.2, -0.15) is 0 Å². The Hall–Kier alpha value is -0.630. The van der Waals surface area contributed by atoms with Gasteiger partial charge in [-0.15, -0.1) is 6.58 Å². The molecule has 1 aliphatic carbocycles. The molecule has 0 atom stereocenters. The van der Waals surface area contributed by atoms with Crippen LogP contribution in [0.5, 0.6) is 0 Å². The smallest absolute Gasteiger partial charge is 0.146 e. The minimum absolute atomic E-state index is 0.310. The van der Waals surface area contributed by atoms with E-state index in [0.29, 0.717) is 24.8 Å². The molecule has 2 heteroatoms. The fourth-order valence-corrected chi connectivity index (χ4v) is 0.987. The highest BCUT2D eigenvalue weighted by Crippen LogP contribution is 2.18. The Balaban J connectivity index is 1.98. The predicted octanol–water partition coefficient (Wildman–Crippen LogP) is 1.66. The summed E-state index contributed by atoms with van der Waals surface area (Å²) in [5, 5.41) is 3.20. The van der Waals surface area contributed by atoms with E-state index in [2.05, 4.69) is 11.9 Å². The second-order valence-corrected chi connectivity index (χ2v) is 3.65. The third-order valence-corrected chi connectivity index (χ3v) is 2.00. The van der Waals surface area contributed by atoms with E-state index in [1.807, 2.05) is 6.92 Å². The second-order valence-electron chi connectivity index (χ2n) is 3.65. The minimum Gasteiger partial charge on any atom is -0.307 e. The van der Waals surface area contributed by atoms with Crippen LogP contribution in [-0.4, -0.2) is 18.4 Å². The molecule has 0 saturated heterocycles. The lowest BCUT2D eigenvalue weighted by atomic mass is 10.1. The number of carbonyl (C=O) groups excluding carboxylic acids is 1. The molecule has 0 aromatic heterocycles. The van der Waals surface area contributed by atoms with E-state index < -0.39 is 0 Å². The molecule has 1 saturated carbocycles. The number of hydrogen-bond acceptors (Lipinski definition) is 2. The van der Waals surface area contributed by atoms with Crippen LogP contribution in [0.25, 0.3) is 0 Å². The third-order valence-electron chi connectivity index (χ3n) is 2.00. The predicted molar refractivity (Wildman–Crippen MR) is 50.1 cm³/mol. The topological polar surface area (TPSA) is 29.1 Å². The summed E-state index contributed by atoms with van der Waals surface area (Å²) < 4.78 is 0. The Labute approximate surface area is 74.0 Å². The summed E-state index contributed by atoms with van der Waals surface area (Å²) in [4.78, 5) is 11.2. The van der Waals surface area contributed by atoms with Gasteiger partial charge in [0.15, 0.2) is 0 Å². The fourth-order valence-electron chi connectivity index (χ4n) is 0.987. The average Bonchev–Trinajstić information content (AvgIpc) is 2.80. The monoisotopic (exact) mass is 167 g/mol. The fraction of sp³-hybridized carbons (Fsp3) is 0.700. The van der Waals surface area contributed by atoms with Crippen molar-refractivity contribution in [2.24, 2.45) is 0 Å². The Bertz CT molecular complexity index is 182. The van der Waals surface area contributed by atoms with E-state index in [9.17, 15) is 4.79 Å². The lowest BCUT2D eigenvalue weighted by Crippen LogP contribution is -2.24. The first-order valence-electron chi connectivity index (χ1n) is 4.58. The number of ketones is 1. The standard InChI is InChI=1S/C10H17NO/c1-8(2)3-6-10(12)7-11-9-4-5-9/h9,11H,1,3-7H2,2H3. The van der Waals surface area contributed by atoms with Crippen molar-refractivity contribution in [1.29, 1.82) is 0 Å². The van der Waals surface area contributed by atoms with Gasteiger partial charge in [-0.3, -0.25) is 4.79 Å². The maximum Gasteiger partial charge on any atom is 0.146 e. The van der Waals surface area contributed by atoms with Crippen molar-refractivity contribution in [3.05, 3.63) is 12.2 Å². The van der Waals surface area contributed by atoms with Crippen molar-refractivity contribution in [2.75, 3.05) is 6.54 Å². The molecule has 0 aromatic rings. The molecule has 0 amide bonds. The van der Waals surface area contributed by atoms with Crippen LogP contribution in [0.15, 0.2) is 12.2 Å². The lowest BCUT2D eigenvalue weighted by molar-refractivity contribution is -0.118. The Morgan fingerprint density at radius 3 is 2.67 bits per heavy atom. The minimum atomic E-state index is 0.310. The summed E-state index contributed by atoms with van der Waals surface area (Å²) in [6.45, 7) is 6.28. The molecular weight excluding hydrogens is 150 g/mol. The first-order chi connectivity index (χ1) is 5.68. The summed E-state index contributed by atoms with van der Waals surface area (Å²) in [5.74, 6) is 0.310. The van der Waals surface area contributed by atoms with Crippen LogP contribution < -0.4 is 5.32 Å². The van der Waals surface area contributed by atoms with Crippen molar-refractivity contribution >= 4 is 5.78 Å². The van der Waals surface area contributed by atoms with Crippen LogP contribution in [-0.2, 0) is 4.79 Å². The largest absolute Gasteiger partial charge is 0.307 e. The molecule has 12 heavy (non-hydrogen) atoms. The Morgan fingerprint density at radius 1 is 1.50 bits per heavy atom. The highest BCUT2D eigenvalue weighted by atomic mass is 16.1. The Kier molecular flexibility index (Phi) is 3.48. The van der Waals surface area contributed by atoms with Gasteiger partial charge in [0, 0.05) is 12.5 Å². The van der Waals surface area contributed by atoms with Gasteiger partial charge in [0.2, 0.25) is 0 Å². The highest BCUT2D eigenvalue weighted by Gasteiger charge is 2.20. The third kappa shape index (κ3) is 4.29. The van der Waals surface area contributed by atoms with Crippen LogP contribution in [0.2, 0.25) is 0 Å². The zero-order chi connectivity index (χ0) is 8.97. The molecule has 1 aliphatic rings. The lowest BCUT2D eigenvalue weighted by Gasteiger charge is -2.01. The number of rotatable bonds is 6.